The monoisotopic (exact) mass is 311 g/mol. The van der Waals surface area contributed by atoms with Gasteiger partial charge in [-0.3, -0.25) is 10.1 Å². The third-order valence-electron chi connectivity index (χ3n) is 4.02. The SMILES string of the molecule is CCN(CC)CCNC(CC)(C(N)=O)c1cccc(Cl)c1. The first-order valence-electron chi connectivity index (χ1n) is 7.53. The number of benzene rings is 1. The topological polar surface area (TPSA) is 58.4 Å². The van der Waals surface area contributed by atoms with Crippen LogP contribution in [0.1, 0.15) is 32.8 Å². The third-order valence-corrected chi connectivity index (χ3v) is 4.25. The highest BCUT2D eigenvalue weighted by Gasteiger charge is 2.36. The number of hydrogen-bond donors (Lipinski definition) is 2. The van der Waals surface area contributed by atoms with Gasteiger partial charge in [0.15, 0.2) is 0 Å². The quantitative estimate of drug-likeness (QED) is 0.736. The lowest BCUT2D eigenvalue weighted by molar-refractivity contribution is -0.125. The molecule has 0 heterocycles. The largest absolute Gasteiger partial charge is 0.368 e. The Morgan fingerprint density at radius 3 is 2.48 bits per heavy atom. The van der Waals surface area contributed by atoms with Crippen molar-refractivity contribution >= 4 is 17.5 Å². The van der Waals surface area contributed by atoms with E-state index in [9.17, 15) is 4.79 Å². The Morgan fingerprint density at radius 2 is 2.00 bits per heavy atom. The molecule has 0 aliphatic rings. The molecular weight excluding hydrogens is 286 g/mol. The fraction of sp³-hybridized carbons (Fsp3) is 0.562. The lowest BCUT2D eigenvalue weighted by Gasteiger charge is -2.32. The molecule has 0 spiro atoms. The molecule has 0 bridgehead atoms. The molecule has 0 fully saturated rings. The minimum absolute atomic E-state index is 0.369. The smallest absolute Gasteiger partial charge is 0.242 e. The maximum atomic E-state index is 12.1. The summed E-state index contributed by atoms with van der Waals surface area (Å²) < 4.78 is 0. The molecule has 5 heteroatoms. The van der Waals surface area contributed by atoms with Crippen LogP contribution in [-0.2, 0) is 10.3 Å². The van der Waals surface area contributed by atoms with Crippen LogP contribution in [0.15, 0.2) is 24.3 Å². The molecule has 3 N–H and O–H groups in total. The van der Waals surface area contributed by atoms with E-state index in [2.05, 4.69) is 24.1 Å². The summed E-state index contributed by atoms with van der Waals surface area (Å²) in [5, 5.41) is 3.96. The minimum atomic E-state index is -0.863. The summed E-state index contributed by atoms with van der Waals surface area (Å²) in [6, 6.07) is 7.34. The zero-order valence-corrected chi connectivity index (χ0v) is 13.9. The fourth-order valence-electron chi connectivity index (χ4n) is 2.56. The predicted molar refractivity (Wildman–Crippen MR) is 88.4 cm³/mol. The van der Waals surface area contributed by atoms with Crippen molar-refractivity contribution in [3.63, 3.8) is 0 Å². The average molecular weight is 312 g/mol. The molecule has 1 rings (SSSR count). The van der Waals surface area contributed by atoms with Gasteiger partial charge in [0.25, 0.3) is 0 Å². The molecule has 4 nitrogen and oxygen atoms in total. The summed E-state index contributed by atoms with van der Waals surface area (Å²) in [4.78, 5) is 14.4. The first-order chi connectivity index (χ1) is 10.00. The zero-order valence-electron chi connectivity index (χ0n) is 13.2. The van der Waals surface area contributed by atoms with E-state index in [0.29, 0.717) is 18.0 Å². The van der Waals surface area contributed by atoms with Crippen LogP contribution < -0.4 is 11.1 Å². The number of nitrogens with two attached hydrogens (primary N) is 1. The van der Waals surface area contributed by atoms with Crippen molar-refractivity contribution < 1.29 is 4.79 Å². The second kappa shape index (κ2) is 8.37. The summed E-state index contributed by atoms with van der Waals surface area (Å²) in [5.41, 5.74) is 5.65. The fourth-order valence-corrected chi connectivity index (χ4v) is 2.75. The Morgan fingerprint density at radius 1 is 1.33 bits per heavy atom. The first kappa shape index (κ1) is 18.0. The second-order valence-corrected chi connectivity index (χ2v) is 5.52. The normalized spacial score (nSPS) is 14.1. The van der Waals surface area contributed by atoms with Crippen LogP contribution in [0.4, 0.5) is 0 Å². The Balaban J connectivity index is 2.92. The van der Waals surface area contributed by atoms with Gasteiger partial charge < -0.3 is 10.6 Å². The first-order valence-corrected chi connectivity index (χ1v) is 7.91. The van der Waals surface area contributed by atoms with E-state index in [4.69, 9.17) is 17.3 Å². The van der Waals surface area contributed by atoms with Crippen LogP contribution in [-0.4, -0.2) is 37.0 Å². The van der Waals surface area contributed by atoms with Crippen LogP contribution >= 0.6 is 11.6 Å². The third kappa shape index (κ3) is 4.43. The van der Waals surface area contributed by atoms with Crippen molar-refractivity contribution in [2.45, 2.75) is 32.7 Å². The van der Waals surface area contributed by atoms with Gasteiger partial charge in [-0.15, -0.1) is 0 Å². The Bertz CT molecular complexity index is 463. The molecule has 21 heavy (non-hydrogen) atoms. The highest BCUT2D eigenvalue weighted by molar-refractivity contribution is 6.30. The summed E-state index contributed by atoms with van der Waals surface area (Å²) >= 11 is 6.05. The molecule has 1 unspecified atom stereocenters. The van der Waals surface area contributed by atoms with E-state index in [1.54, 1.807) is 12.1 Å². The summed E-state index contributed by atoms with van der Waals surface area (Å²) in [6.07, 6.45) is 0.584. The maximum Gasteiger partial charge on any atom is 0.242 e. The molecular formula is C16H26ClN3O. The summed E-state index contributed by atoms with van der Waals surface area (Å²) in [6.45, 7) is 9.77. The average Bonchev–Trinajstić information content (AvgIpc) is 2.47. The number of nitrogens with zero attached hydrogens (tertiary/aromatic N) is 1. The standard InChI is InChI=1S/C16H26ClN3O/c1-4-16(15(18)21,13-8-7-9-14(17)12-13)19-10-11-20(5-2)6-3/h7-9,12,19H,4-6,10-11H2,1-3H3,(H2,18,21). The molecule has 0 aliphatic heterocycles. The number of likely N-dealkylation sites (N-methyl/N-ethyl adjacent to an activating group) is 1. The van der Waals surface area contributed by atoms with Gasteiger partial charge in [0.2, 0.25) is 5.91 Å². The van der Waals surface area contributed by atoms with Gasteiger partial charge in [0, 0.05) is 18.1 Å². The van der Waals surface area contributed by atoms with Gasteiger partial charge in [0.1, 0.15) is 5.54 Å². The van der Waals surface area contributed by atoms with Gasteiger partial charge in [-0.25, -0.2) is 0 Å². The highest BCUT2D eigenvalue weighted by Crippen LogP contribution is 2.27. The van der Waals surface area contributed by atoms with Crippen LogP contribution in [0, 0.1) is 0 Å². The maximum absolute atomic E-state index is 12.1. The number of rotatable bonds is 9. The van der Waals surface area contributed by atoms with Crippen molar-refractivity contribution in [1.29, 1.82) is 0 Å². The van der Waals surface area contributed by atoms with E-state index in [1.807, 2.05) is 19.1 Å². The Kier molecular flexibility index (Phi) is 7.15. The number of carbonyl (C=O) groups is 1. The lowest BCUT2D eigenvalue weighted by atomic mass is 9.86. The molecule has 1 amide bonds. The van der Waals surface area contributed by atoms with Gasteiger partial charge in [-0.1, -0.05) is 44.5 Å². The van der Waals surface area contributed by atoms with Gasteiger partial charge in [-0.2, -0.15) is 0 Å². The molecule has 1 aromatic rings. The summed E-state index contributed by atoms with van der Waals surface area (Å²) in [7, 11) is 0. The molecule has 1 aromatic carbocycles. The van der Waals surface area contributed by atoms with Crippen molar-refractivity contribution in [3.8, 4) is 0 Å². The molecule has 0 aliphatic carbocycles. The van der Waals surface area contributed by atoms with E-state index in [-0.39, 0.29) is 5.91 Å². The number of halogens is 1. The number of nitrogens with one attached hydrogen (secondary N) is 1. The van der Waals surface area contributed by atoms with Crippen molar-refractivity contribution in [1.82, 2.24) is 10.2 Å². The van der Waals surface area contributed by atoms with E-state index < -0.39 is 5.54 Å². The molecule has 118 valence electrons. The Labute approximate surface area is 132 Å². The molecule has 0 saturated carbocycles. The minimum Gasteiger partial charge on any atom is -0.368 e. The van der Waals surface area contributed by atoms with Gasteiger partial charge in [-0.05, 0) is 37.2 Å². The van der Waals surface area contributed by atoms with Gasteiger partial charge in [0.05, 0.1) is 0 Å². The number of carbonyl (C=O) groups excluding carboxylic acids is 1. The molecule has 1 atom stereocenters. The van der Waals surface area contributed by atoms with Crippen LogP contribution in [0.3, 0.4) is 0 Å². The van der Waals surface area contributed by atoms with Crippen molar-refractivity contribution in [3.05, 3.63) is 34.9 Å². The number of hydrogen-bond acceptors (Lipinski definition) is 3. The highest BCUT2D eigenvalue weighted by atomic mass is 35.5. The second-order valence-electron chi connectivity index (χ2n) is 5.09. The van der Waals surface area contributed by atoms with Crippen LogP contribution in [0.5, 0.6) is 0 Å². The molecule has 0 aromatic heterocycles. The van der Waals surface area contributed by atoms with Crippen molar-refractivity contribution in [2.75, 3.05) is 26.2 Å². The molecule has 0 radical (unpaired) electrons. The Hall–Kier alpha value is -1.10. The van der Waals surface area contributed by atoms with E-state index >= 15 is 0 Å². The number of primary amides is 1. The van der Waals surface area contributed by atoms with Crippen LogP contribution in [0.25, 0.3) is 0 Å². The molecule has 0 saturated heterocycles. The zero-order chi connectivity index (χ0) is 15.9. The predicted octanol–water partition coefficient (Wildman–Crippen LogP) is 2.36. The van der Waals surface area contributed by atoms with E-state index in [1.165, 1.54) is 0 Å². The van der Waals surface area contributed by atoms with E-state index in [0.717, 1.165) is 25.2 Å². The van der Waals surface area contributed by atoms with Crippen LogP contribution in [0.2, 0.25) is 5.02 Å². The van der Waals surface area contributed by atoms with Crippen molar-refractivity contribution in [2.24, 2.45) is 5.73 Å². The summed E-state index contributed by atoms with van der Waals surface area (Å²) in [5.74, 6) is -0.369. The number of amides is 1. The lowest BCUT2D eigenvalue weighted by Crippen LogP contribution is -2.54. The van der Waals surface area contributed by atoms with Gasteiger partial charge >= 0.3 is 0 Å².